The minimum Gasteiger partial charge on any atom is -0.318 e. The number of anilines is 2. The van der Waals surface area contributed by atoms with Gasteiger partial charge in [0.25, 0.3) is 0 Å². The second-order valence-corrected chi connectivity index (χ2v) is 2.76. The molecule has 1 aromatic heterocycles. The van der Waals surface area contributed by atoms with Gasteiger partial charge in [-0.15, -0.1) is 0 Å². The highest BCUT2D eigenvalue weighted by Crippen LogP contribution is 2.34. The Morgan fingerprint density at radius 3 is 2.42 bits per heavy atom. The van der Waals surface area contributed by atoms with Crippen molar-refractivity contribution in [2.45, 2.75) is 0 Å². The van der Waals surface area contributed by atoms with E-state index in [0.29, 0.717) is 0 Å². The molecule has 0 fully saturated rings. The minimum atomic E-state index is 1.00. The molecule has 3 nitrogen and oxygen atoms in total. The van der Waals surface area contributed by atoms with Crippen LogP contribution in [-0.2, 0) is 0 Å². The summed E-state index contributed by atoms with van der Waals surface area (Å²) in [4.78, 5) is 8.35. The van der Waals surface area contributed by atoms with E-state index in [2.05, 4.69) is 16.0 Å². The molecule has 0 saturated carbocycles. The smallest absolute Gasteiger partial charge is 0.161 e. The van der Waals surface area contributed by atoms with Crippen molar-refractivity contribution in [3.8, 4) is 0 Å². The summed E-state index contributed by atoms with van der Waals surface area (Å²) in [7, 11) is 0. The number of nitrogens with zero attached hydrogens (tertiary/aromatic N) is 3. The molecule has 3 heteroatoms. The lowest BCUT2D eigenvalue weighted by molar-refractivity contribution is 1.23. The zero-order chi connectivity index (χ0) is 7.97. The third-order valence-corrected chi connectivity index (χ3v) is 1.89. The molecule has 58 valence electrons. The molecule has 3 rings (SSSR count). The number of rotatable bonds is 2. The lowest BCUT2D eigenvalue weighted by Crippen LogP contribution is -2.00. The van der Waals surface area contributed by atoms with Gasteiger partial charge in [-0.25, -0.2) is 4.98 Å². The summed E-state index contributed by atoms with van der Waals surface area (Å²) in [6.07, 6.45) is 9.83. The Morgan fingerprint density at radius 1 is 1.00 bits per heavy atom. The Morgan fingerprint density at radius 2 is 1.75 bits per heavy atom. The van der Waals surface area contributed by atoms with Crippen molar-refractivity contribution in [3.05, 3.63) is 43.1 Å². The van der Waals surface area contributed by atoms with E-state index >= 15 is 0 Å². The molecule has 2 aliphatic rings. The van der Waals surface area contributed by atoms with Gasteiger partial charge < -0.3 is 9.80 Å². The molecule has 0 amide bonds. The quantitative estimate of drug-likeness (QED) is 0.650. The van der Waals surface area contributed by atoms with Gasteiger partial charge in [-0.3, -0.25) is 0 Å². The van der Waals surface area contributed by atoms with Crippen molar-refractivity contribution < 1.29 is 0 Å². The van der Waals surface area contributed by atoms with E-state index in [1.54, 1.807) is 0 Å². The molecule has 12 heavy (non-hydrogen) atoms. The lowest BCUT2D eigenvalue weighted by atomic mass is 10.4. The SMILES string of the molecule is C1=CN1c1cccnc1N1C=C1. The molecule has 0 N–H and O–H groups in total. The summed E-state index contributed by atoms with van der Waals surface area (Å²) in [5.41, 5.74) is 1.14. The summed E-state index contributed by atoms with van der Waals surface area (Å²) in [6.45, 7) is 0. The van der Waals surface area contributed by atoms with E-state index < -0.39 is 0 Å². The van der Waals surface area contributed by atoms with Gasteiger partial charge in [0.2, 0.25) is 0 Å². The highest BCUT2D eigenvalue weighted by Gasteiger charge is 2.20. The van der Waals surface area contributed by atoms with Crippen molar-refractivity contribution in [3.63, 3.8) is 0 Å². The van der Waals surface area contributed by atoms with Crippen LogP contribution in [0.1, 0.15) is 0 Å². The van der Waals surface area contributed by atoms with Crippen LogP contribution in [0.3, 0.4) is 0 Å². The van der Waals surface area contributed by atoms with Gasteiger partial charge in [0, 0.05) is 31.0 Å². The molecule has 0 atom stereocenters. The number of hydrogen-bond acceptors (Lipinski definition) is 3. The van der Waals surface area contributed by atoms with Crippen LogP contribution in [0, 0.1) is 0 Å². The predicted octanol–water partition coefficient (Wildman–Crippen LogP) is 1.66. The van der Waals surface area contributed by atoms with E-state index in [-0.39, 0.29) is 0 Å². The summed E-state index contributed by atoms with van der Waals surface area (Å²) in [5.74, 6) is 1.00. The van der Waals surface area contributed by atoms with Gasteiger partial charge in [-0.2, -0.15) is 0 Å². The van der Waals surface area contributed by atoms with Crippen LogP contribution in [0.2, 0.25) is 0 Å². The maximum Gasteiger partial charge on any atom is 0.161 e. The van der Waals surface area contributed by atoms with Crippen LogP contribution in [0.4, 0.5) is 11.5 Å². The Labute approximate surface area is 70.2 Å². The third-order valence-electron chi connectivity index (χ3n) is 1.89. The Bertz CT molecular complexity index is 332. The van der Waals surface area contributed by atoms with Crippen LogP contribution in [0.25, 0.3) is 0 Å². The second-order valence-electron chi connectivity index (χ2n) is 2.76. The van der Waals surface area contributed by atoms with Gasteiger partial charge >= 0.3 is 0 Å². The van der Waals surface area contributed by atoms with Crippen molar-refractivity contribution in [1.29, 1.82) is 0 Å². The molecule has 0 unspecified atom stereocenters. The number of aromatic nitrogens is 1. The van der Waals surface area contributed by atoms with Crippen LogP contribution in [0.5, 0.6) is 0 Å². The first-order valence-electron chi connectivity index (χ1n) is 3.83. The van der Waals surface area contributed by atoms with E-state index in [0.717, 1.165) is 11.5 Å². The molecule has 2 aliphatic heterocycles. The normalized spacial score (nSPS) is 17.0. The maximum absolute atomic E-state index is 4.28. The largest absolute Gasteiger partial charge is 0.318 e. The van der Waals surface area contributed by atoms with Gasteiger partial charge in [0.1, 0.15) is 0 Å². The molecule has 0 aliphatic carbocycles. The van der Waals surface area contributed by atoms with Crippen LogP contribution in [-0.4, -0.2) is 4.98 Å². The van der Waals surface area contributed by atoms with Crippen LogP contribution >= 0.6 is 0 Å². The molecule has 3 heterocycles. The van der Waals surface area contributed by atoms with E-state index in [9.17, 15) is 0 Å². The average Bonchev–Trinajstić information content (AvgIpc) is 2.99. The fraction of sp³-hybridized carbons (Fsp3) is 0. The van der Waals surface area contributed by atoms with E-state index in [4.69, 9.17) is 0 Å². The molecular weight excluding hydrogens is 150 g/mol. The van der Waals surface area contributed by atoms with Crippen LogP contribution < -0.4 is 9.80 Å². The predicted molar refractivity (Wildman–Crippen MR) is 47.5 cm³/mol. The summed E-state index contributed by atoms with van der Waals surface area (Å²) >= 11 is 0. The summed E-state index contributed by atoms with van der Waals surface area (Å²) < 4.78 is 0. The van der Waals surface area contributed by atoms with Crippen molar-refractivity contribution in [2.75, 3.05) is 9.80 Å². The van der Waals surface area contributed by atoms with E-state index in [1.165, 1.54) is 0 Å². The lowest BCUT2D eigenvalue weighted by Gasteiger charge is -2.09. The number of hydrogen-bond donors (Lipinski definition) is 0. The third kappa shape index (κ3) is 0.797. The van der Waals surface area contributed by atoms with Gasteiger partial charge in [0.05, 0.1) is 5.69 Å². The average molecular weight is 157 g/mol. The minimum absolute atomic E-state index is 1.00. The standard InChI is InChI=1S/C9H7N3/c1-2-8(11-4-5-11)9(10-3-1)12-6-7-12/h1-7H. The Kier molecular flexibility index (Phi) is 0.913. The van der Waals surface area contributed by atoms with Crippen molar-refractivity contribution in [1.82, 2.24) is 4.98 Å². The summed E-state index contributed by atoms with van der Waals surface area (Å²) in [6, 6.07) is 4.00. The first kappa shape index (κ1) is 5.83. The van der Waals surface area contributed by atoms with Crippen LogP contribution in [0.15, 0.2) is 43.1 Å². The maximum atomic E-state index is 4.28. The summed E-state index contributed by atoms with van der Waals surface area (Å²) in [5, 5.41) is 0. The molecule has 0 aromatic carbocycles. The molecule has 0 spiro atoms. The van der Waals surface area contributed by atoms with E-state index in [1.807, 2.05) is 42.0 Å². The zero-order valence-electron chi connectivity index (χ0n) is 6.38. The van der Waals surface area contributed by atoms with Gasteiger partial charge in [-0.05, 0) is 12.1 Å². The van der Waals surface area contributed by atoms with Gasteiger partial charge in [-0.1, -0.05) is 0 Å². The molecule has 0 saturated heterocycles. The Balaban J connectivity index is 2.03. The zero-order valence-corrected chi connectivity index (χ0v) is 6.38. The fourth-order valence-corrected chi connectivity index (χ4v) is 1.16. The molecular formula is C9H7N3. The highest BCUT2D eigenvalue weighted by atomic mass is 15.3. The Hall–Kier alpha value is -1.77. The topological polar surface area (TPSA) is 18.9 Å². The molecule has 1 aromatic rings. The fourth-order valence-electron chi connectivity index (χ4n) is 1.16. The first-order chi connectivity index (χ1) is 5.95. The van der Waals surface area contributed by atoms with Crippen molar-refractivity contribution >= 4 is 11.5 Å². The van der Waals surface area contributed by atoms with Gasteiger partial charge in [0.15, 0.2) is 5.82 Å². The molecule has 0 bridgehead atoms. The molecule has 0 radical (unpaired) electrons. The number of pyridine rings is 1. The monoisotopic (exact) mass is 157 g/mol. The first-order valence-corrected chi connectivity index (χ1v) is 3.83. The second kappa shape index (κ2) is 1.88. The highest BCUT2D eigenvalue weighted by molar-refractivity contribution is 5.77. The van der Waals surface area contributed by atoms with Crippen molar-refractivity contribution in [2.24, 2.45) is 0 Å².